The maximum Gasteiger partial charge on any atom is 0.271 e. The van der Waals surface area contributed by atoms with Gasteiger partial charge >= 0.3 is 0 Å². The van der Waals surface area contributed by atoms with E-state index in [2.05, 4.69) is 4.99 Å². The molecule has 30 heavy (non-hydrogen) atoms. The lowest BCUT2D eigenvalue weighted by Crippen LogP contribution is -2.26. The molecule has 0 saturated heterocycles. The third kappa shape index (κ3) is 4.25. The number of nitrogens with zero attached hydrogens (tertiary/aromatic N) is 4. The van der Waals surface area contributed by atoms with Crippen LogP contribution in [0.15, 0.2) is 64.4 Å². The first kappa shape index (κ1) is 20.5. The minimum Gasteiger partial charge on any atom is -0.494 e. The van der Waals surface area contributed by atoms with Crippen LogP contribution in [0.2, 0.25) is 0 Å². The Morgan fingerprint density at radius 3 is 2.47 bits per heavy atom. The molecule has 8 nitrogen and oxygen atoms in total. The van der Waals surface area contributed by atoms with Gasteiger partial charge in [-0.3, -0.25) is 24.5 Å². The van der Waals surface area contributed by atoms with Crippen LogP contribution in [-0.2, 0) is 13.0 Å². The Hall–Kier alpha value is -4.25. The second-order valence-electron chi connectivity index (χ2n) is 6.57. The summed E-state index contributed by atoms with van der Waals surface area (Å²) in [6, 6.07) is 17.0. The molecule has 0 radical (unpaired) electrons. The topological polar surface area (TPSA) is 122 Å². The number of hydrogen-bond acceptors (Lipinski definition) is 6. The van der Waals surface area contributed by atoms with E-state index in [1.807, 2.05) is 36.4 Å². The van der Waals surface area contributed by atoms with Crippen LogP contribution in [-0.4, -0.2) is 20.8 Å². The Morgan fingerprint density at radius 2 is 1.87 bits per heavy atom. The molecule has 0 aliphatic carbocycles. The average Bonchev–Trinajstić information content (AvgIpc) is 2.75. The molecule has 0 amide bonds. The van der Waals surface area contributed by atoms with Crippen LogP contribution >= 0.6 is 0 Å². The second-order valence-corrected chi connectivity index (χ2v) is 6.57. The molecular weight excluding hydrogens is 384 g/mol. The number of rotatable bonds is 6. The van der Waals surface area contributed by atoms with Gasteiger partial charge in [0, 0.05) is 24.9 Å². The van der Waals surface area contributed by atoms with Crippen molar-refractivity contribution in [3.05, 3.63) is 97.3 Å². The number of aromatic hydroxyl groups is 1. The zero-order chi connectivity index (χ0) is 21.7. The van der Waals surface area contributed by atoms with Crippen molar-refractivity contribution in [3.8, 4) is 11.9 Å². The third-order valence-corrected chi connectivity index (χ3v) is 4.72. The summed E-state index contributed by atoms with van der Waals surface area (Å²) in [7, 11) is 0. The molecule has 1 heterocycles. The van der Waals surface area contributed by atoms with Gasteiger partial charge in [0.1, 0.15) is 11.6 Å². The predicted molar refractivity (Wildman–Crippen MR) is 112 cm³/mol. The molecule has 150 valence electrons. The number of aromatic nitrogens is 1. The summed E-state index contributed by atoms with van der Waals surface area (Å²) in [5.74, 6) is -0.280. The third-order valence-electron chi connectivity index (χ3n) is 4.72. The Labute approximate surface area is 172 Å². The Kier molecular flexibility index (Phi) is 6.03. The lowest BCUT2D eigenvalue weighted by Gasteiger charge is -2.14. The van der Waals surface area contributed by atoms with E-state index in [9.17, 15) is 25.3 Å². The molecule has 0 aliphatic rings. The highest BCUT2D eigenvalue weighted by molar-refractivity contribution is 5.87. The number of pyridine rings is 1. The van der Waals surface area contributed by atoms with Gasteiger partial charge in [0.25, 0.3) is 11.2 Å². The smallest absolute Gasteiger partial charge is 0.271 e. The number of nitro groups is 1. The van der Waals surface area contributed by atoms with E-state index in [1.54, 1.807) is 6.92 Å². The summed E-state index contributed by atoms with van der Waals surface area (Å²) in [4.78, 5) is 27.1. The van der Waals surface area contributed by atoms with E-state index in [0.717, 1.165) is 10.1 Å². The minimum absolute atomic E-state index is 0.0609. The highest BCUT2D eigenvalue weighted by atomic mass is 16.6. The van der Waals surface area contributed by atoms with Crippen LogP contribution < -0.4 is 5.56 Å². The highest BCUT2D eigenvalue weighted by Crippen LogP contribution is 2.23. The SMILES string of the molecule is Cc1c(C=Nc2ccc([N+](=O)[O-])cc2)c(O)n(CCc2ccccc2)c(=O)c1C#N. The first-order valence-electron chi connectivity index (χ1n) is 9.11. The predicted octanol–water partition coefficient (Wildman–Crippen LogP) is 3.64. The number of benzene rings is 2. The summed E-state index contributed by atoms with van der Waals surface area (Å²) in [5, 5.41) is 30.9. The van der Waals surface area contributed by atoms with Gasteiger partial charge in [0.2, 0.25) is 5.88 Å². The molecule has 8 heteroatoms. The fourth-order valence-corrected chi connectivity index (χ4v) is 3.02. The van der Waals surface area contributed by atoms with Crippen molar-refractivity contribution in [2.45, 2.75) is 19.9 Å². The van der Waals surface area contributed by atoms with Crippen molar-refractivity contribution in [3.63, 3.8) is 0 Å². The lowest BCUT2D eigenvalue weighted by atomic mass is 10.1. The molecule has 0 bridgehead atoms. The maximum atomic E-state index is 12.7. The molecule has 3 aromatic rings. The zero-order valence-corrected chi connectivity index (χ0v) is 16.1. The van der Waals surface area contributed by atoms with Crippen LogP contribution in [0, 0.1) is 28.4 Å². The standard InChI is InChI=1S/C22H18N4O4/c1-15-19(13-23)21(27)25(12-11-16-5-3-2-4-6-16)22(28)20(15)14-24-17-7-9-18(10-8-17)26(29)30/h2-10,14,28H,11-12H2,1H3. The van der Waals surface area contributed by atoms with Crippen LogP contribution in [0.25, 0.3) is 0 Å². The summed E-state index contributed by atoms with van der Waals surface area (Å²) < 4.78 is 1.16. The van der Waals surface area contributed by atoms with E-state index in [4.69, 9.17) is 0 Å². The lowest BCUT2D eigenvalue weighted by molar-refractivity contribution is -0.384. The Bertz CT molecular complexity index is 1210. The van der Waals surface area contributed by atoms with Crippen LogP contribution in [0.5, 0.6) is 5.88 Å². The molecule has 2 aromatic carbocycles. The molecule has 0 spiro atoms. The van der Waals surface area contributed by atoms with Crippen LogP contribution in [0.3, 0.4) is 0 Å². The Balaban J connectivity index is 1.98. The van der Waals surface area contributed by atoms with E-state index < -0.39 is 10.5 Å². The Morgan fingerprint density at radius 1 is 1.20 bits per heavy atom. The maximum absolute atomic E-state index is 12.7. The highest BCUT2D eigenvalue weighted by Gasteiger charge is 2.18. The first-order valence-corrected chi connectivity index (χ1v) is 9.11. The van der Waals surface area contributed by atoms with Gasteiger partial charge in [-0.2, -0.15) is 5.26 Å². The second kappa shape index (κ2) is 8.84. The molecule has 0 aliphatic heterocycles. The fourth-order valence-electron chi connectivity index (χ4n) is 3.02. The number of hydrogen-bond donors (Lipinski definition) is 1. The van der Waals surface area contributed by atoms with E-state index in [0.29, 0.717) is 17.7 Å². The largest absolute Gasteiger partial charge is 0.494 e. The molecule has 1 N–H and O–H groups in total. The molecular formula is C22H18N4O4. The summed E-state index contributed by atoms with van der Waals surface area (Å²) in [6.45, 7) is 1.76. The summed E-state index contributed by atoms with van der Waals surface area (Å²) in [6.07, 6.45) is 1.85. The average molecular weight is 402 g/mol. The molecule has 3 rings (SSSR count). The van der Waals surface area contributed by atoms with Crippen LogP contribution in [0.4, 0.5) is 11.4 Å². The van der Waals surface area contributed by atoms with Crippen molar-refractivity contribution < 1.29 is 10.0 Å². The molecule has 0 saturated carbocycles. The van der Waals surface area contributed by atoms with Gasteiger partial charge in [0.05, 0.1) is 16.2 Å². The minimum atomic E-state index is -0.559. The molecule has 1 aromatic heterocycles. The molecule has 0 fully saturated rings. The van der Waals surface area contributed by atoms with Gasteiger partial charge < -0.3 is 5.11 Å². The van der Waals surface area contributed by atoms with Gasteiger partial charge in [-0.25, -0.2) is 0 Å². The number of aryl methyl sites for hydroxylation is 1. The summed E-state index contributed by atoms with van der Waals surface area (Å²) >= 11 is 0. The number of aliphatic imine (C=N–C) groups is 1. The first-order chi connectivity index (χ1) is 14.4. The number of non-ortho nitro benzene ring substituents is 1. The van der Waals surface area contributed by atoms with E-state index in [1.165, 1.54) is 30.5 Å². The van der Waals surface area contributed by atoms with Gasteiger partial charge in [-0.15, -0.1) is 0 Å². The van der Waals surface area contributed by atoms with Gasteiger partial charge in [0.15, 0.2) is 0 Å². The number of nitro benzene ring substituents is 1. The molecule has 0 unspecified atom stereocenters. The van der Waals surface area contributed by atoms with Crippen LogP contribution in [0.1, 0.15) is 22.3 Å². The quantitative estimate of drug-likeness (QED) is 0.383. The van der Waals surface area contributed by atoms with E-state index >= 15 is 0 Å². The van der Waals surface area contributed by atoms with Crippen molar-refractivity contribution >= 4 is 17.6 Å². The molecule has 0 atom stereocenters. The van der Waals surface area contributed by atoms with Crippen molar-refractivity contribution in [1.82, 2.24) is 4.57 Å². The van der Waals surface area contributed by atoms with Crippen molar-refractivity contribution in [1.29, 1.82) is 5.26 Å². The van der Waals surface area contributed by atoms with Gasteiger partial charge in [-0.1, -0.05) is 30.3 Å². The van der Waals surface area contributed by atoms with Gasteiger partial charge in [-0.05, 0) is 36.6 Å². The monoisotopic (exact) mass is 402 g/mol. The zero-order valence-electron chi connectivity index (χ0n) is 16.1. The van der Waals surface area contributed by atoms with Crippen molar-refractivity contribution in [2.24, 2.45) is 4.99 Å². The van der Waals surface area contributed by atoms with Crippen molar-refractivity contribution in [2.75, 3.05) is 0 Å². The van der Waals surface area contributed by atoms with E-state index in [-0.39, 0.29) is 29.2 Å². The summed E-state index contributed by atoms with van der Waals surface area (Å²) in [5.41, 5.74) is 1.30. The fraction of sp³-hybridized carbons (Fsp3) is 0.136. The number of nitriles is 1. The normalized spacial score (nSPS) is 10.8.